The molecule has 6 nitrogen and oxygen atoms in total. The van der Waals surface area contributed by atoms with Gasteiger partial charge in [0.05, 0.1) is 12.7 Å². The van der Waals surface area contributed by atoms with Gasteiger partial charge in [-0.05, 0) is 50.3 Å². The van der Waals surface area contributed by atoms with Gasteiger partial charge in [-0.1, -0.05) is 0 Å². The minimum atomic E-state index is -0.171. The van der Waals surface area contributed by atoms with Gasteiger partial charge in [0.2, 0.25) is 5.78 Å². The molecule has 0 fully saturated rings. The largest absolute Gasteiger partial charge is 0.497 e. The molecule has 1 aromatic heterocycles. The van der Waals surface area contributed by atoms with E-state index in [9.17, 15) is 4.79 Å². The number of hydrogen-bond donors (Lipinski definition) is 0. The van der Waals surface area contributed by atoms with Crippen LogP contribution in [0.15, 0.2) is 42.3 Å². The van der Waals surface area contributed by atoms with Crippen molar-refractivity contribution in [3.05, 3.63) is 59.0 Å². The normalized spacial score (nSPS) is 14.0. The summed E-state index contributed by atoms with van der Waals surface area (Å²) >= 11 is 0. The average Bonchev–Trinajstić information content (AvgIpc) is 3.25. The number of allylic oxidation sites excluding steroid dienone is 1. The van der Waals surface area contributed by atoms with Gasteiger partial charge in [0.25, 0.3) is 0 Å². The molecule has 0 aliphatic carbocycles. The Labute approximate surface area is 168 Å². The molecule has 6 heteroatoms. The number of rotatable bonds is 5. The van der Waals surface area contributed by atoms with Crippen LogP contribution in [-0.4, -0.2) is 24.1 Å². The minimum Gasteiger partial charge on any atom is -0.497 e. The summed E-state index contributed by atoms with van der Waals surface area (Å²) in [6.07, 6.45) is 3.77. The van der Waals surface area contributed by atoms with Crippen LogP contribution in [0, 0.1) is 18.3 Å². The van der Waals surface area contributed by atoms with Gasteiger partial charge in [0.15, 0.2) is 12.4 Å². The molecule has 0 radical (unpaired) electrons. The van der Waals surface area contributed by atoms with Gasteiger partial charge in [0, 0.05) is 34.8 Å². The lowest BCUT2D eigenvalue weighted by molar-refractivity contribution is 0.101. The van der Waals surface area contributed by atoms with Crippen molar-refractivity contribution in [2.75, 3.05) is 13.7 Å². The third-order valence-corrected chi connectivity index (χ3v) is 5.08. The first kappa shape index (κ1) is 18.6. The summed E-state index contributed by atoms with van der Waals surface area (Å²) in [6.45, 7) is 4.63. The Balaban J connectivity index is 1.77. The second kappa shape index (κ2) is 7.36. The number of nitriles is 1. The maximum atomic E-state index is 12.9. The van der Waals surface area contributed by atoms with Gasteiger partial charge in [0.1, 0.15) is 23.3 Å². The predicted molar refractivity (Wildman–Crippen MR) is 109 cm³/mol. The highest BCUT2D eigenvalue weighted by atomic mass is 16.5. The van der Waals surface area contributed by atoms with Crippen LogP contribution in [0.3, 0.4) is 0 Å². The molecule has 3 aromatic rings. The van der Waals surface area contributed by atoms with E-state index in [2.05, 4.69) is 11.5 Å². The van der Waals surface area contributed by atoms with Crippen molar-refractivity contribution in [1.82, 2.24) is 4.57 Å². The third kappa shape index (κ3) is 3.11. The number of nitrogens with zero attached hydrogens (tertiary/aromatic N) is 2. The van der Waals surface area contributed by atoms with E-state index < -0.39 is 0 Å². The third-order valence-electron chi connectivity index (χ3n) is 5.08. The fourth-order valence-electron chi connectivity index (χ4n) is 3.58. The molecule has 146 valence electrons. The van der Waals surface area contributed by atoms with Crippen LogP contribution in [0.1, 0.15) is 28.4 Å². The molecule has 0 atom stereocenters. The number of carbonyl (C=O) groups excluding carboxylic acids is 1. The summed E-state index contributed by atoms with van der Waals surface area (Å²) < 4.78 is 18.8. The van der Waals surface area contributed by atoms with E-state index in [0.717, 1.165) is 28.8 Å². The number of hydrogen-bond acceptors (Lipinski definition) is 5. The lowest BCUT2D eigenvalue weighted by Gasteiger charge is -2.08. The molecular weight excluding hydrogens is 368 g/mol. The molecule has 1 aliphatic heterocycles. The van der Waals surface area contributed by atoms with Crippen LogP contribution >= 0.6 is 0 Å². The van der Waals surface area contributed by atoms with E-state index in [1.54, 1.807) is 25.3 Å². The standard InChI is InChI=1S/C23H20N2O4/c1-4-25-13-15(18-12-16(27-3)5-7-19(18)25)11-21-22(26)17-6-8-20(28-10-9-24)14(2)23(17)29-21/h5-8,11-13H,4,10H2,1-3H3. The number of carbonyl (C=O) groups is 1. The van der Waals surface area contributed by atoms with Crippen molar-refractivity contribution in [2.24, 2.45) is 0 Å². The summed E-state index contributed by atoms with van der Waals surface area (Å²) in [5.74, 6) is 1.86. The highest BCUT2D eigenvalue weighted by molar-refractivity contribution is 6.15. The number of ether oxygens (including phenoxy) is 3. The first-order valence-corrected chi connectivity index (χ1v) is 9.31. The monoisotopic (exact) mass is 388 g/mol. The van der Waals surface area contributed by atoms with Crippen LogP contribution in [0.2, 0.25) is 0 Å². The molecule has 0 bridgehead atoms. The van der Waals surface area contributed by atoms with Crippen molar-refractivity contribution in [2.45, 2.75) is 20.4 Å². The summed E-state index contributed by atoms with van der Waals surface area (Å²) in [4.78, 5) is 12.9. The van der Waals surface area contributed by atoms with Crippen molar-refractivity contribution in [3.63, 3.8) is 0 Å². The minimum absolute atomic E-state index is 0.0609. The molecular formula is C23H20N2O4. The van der Waals surface area contributed by atoms with Crippen LogP contribution in [0.5, 0.6) is 17.2 Å². The molecule has 4 rings (SSSR count). The van der Waals surface area contributed by atoms with Crippen LogP contribution in [0.4, 0.5) is 0 Å². The fourth-order valence-corrected chi connectivity index (χ4v) is 3.58. The number of aromatic nitrogens is 1. The Morgan fingerprint density at radius 3 is 2.83 bits per heavy atom. The van der Waals surface area contributed by atoms with Crippen molar-refractivity contribution in [1.29, 1.82) is 5.26 Å². The van der Waals surface area contributed by atoms with E-state index in [1.807, 2.05) is 37.4 Å². The Hall–Kier alpha value is -3.72. The first-order valence-electron chi connectivity index (χ1n) is 9.31. The zero-order chi connectivity index (χ0) is 20.5. The summed E-state index contributed by atoms with van der Waals surface area (Å²) in [7, 11) is 1.63. The molecule has 2 heterocycles. The van der Waals surface area contributed by atoms with E-state index in [4.69, 9.17) is 19.5 Å². The van der Waals surface area contributed by atoms with Crippen LogP contribution in [0.25, 0.3) is 17.0 Å². The van der Waals surface area contributed by atoms with Crippen molar-refractivity contribution < 1.29 is 19.0 Å². The Kier molecular flexibility index (Phi) is 4.73. The van der Waals surface area contributed by atoms with Gasteiger partial charge in [-0.3, -0.25) is 4.79 Å². The number of benzene rings is 2. The number of Topliss-reactive ketones (excluding diaryl/α,β-unsaturated/α-hetero) is 1. The lowest BCUT2D eigenvalue weighted by Crippen LogP contribution is -1.98. The number of aryl methyl sites for hydroxylation is 1. The zero-order valence-electron chi connectivity index (χ0n) is 16.5. The van der Waals surface area contributed by atoms with E-state index in [1.165, 1.54) is 0 Å². The molecule has 0 spiro atoms. The average molecular weight is 388 g/mol. The molecule has 0 saturated carbocycles. The second-order valence-electron chi connectivity index (χ2n) is 6.71. The molecule has 0 saturated heterocycles. The topological polar surface area (TPSA) is 73.5 Å². The smallest absolute Gasteiger partial charge is 0.231 e. The van der Waals surface area contributed by atoms with Crippen molar-refractivity contribution in [3.8, 4) is 23.3 Å². The van der Waals surface area contributed by atoms with Gasteiger partial charge >= 0.3 is 0 Å². The number of ketones is 1. The van der Waals surface area contributed by atoms with Crippen LogP contribution < -0.4 is 14.2 Å². The van der Waals surface area contributed by atoms with Gasteiger partial charge in [-0.25, -0.2) is 0 Å². The Bertz CT molecular complexity index is 1200. The van der Waals surface area contributed by atoms with Crippen LogP contribution in [-0.2, 0) is 6.54 Å². The maximum absolute atomic E-state index is 12.9. The SMILES string of the molecule is CCn1cc(C=C2Oc3c(ccc(OCC#N)c3C)C2=O)c2cc(OC)ccc21. The number of methoxy groups -OCH3 is 1. The fraction of sp³-hybridized carbons (Fsp3) is 0.217. The zero-order valence-corrected chi connectivity index (χ0v) is 16.5. The predicted octanol–water partition coefficient (Wildman–Crippen LogP) is 4.50. The highest BCUT2D eigenvalue weighted by Gasteiger charge is 2.30. The lowest BCUT2D eigenvalue weighted by atomic mass is 10.1. The summed E-state index contributed by atoms with van der Waals surface area (Å²) in [5.41, 5.74) is 3.14. The van der Waals surface area contributed by atoms with Crippen molar-refractivity contribution >= 4 is 22.8 Å². The van der Waals surface area contributed by atoms with Gasteiger partial charge in [-0.2, -0.15) is 5.26 Å². The van der Waals surface area contributed by atoms with E-state index in [0.29, 0.717) is 22.6 Å². The molecule has 2 aromatic carbocycles. The molecule has 0 unspecified atom stereocenters. The Morgan fingerprint density at radius 1 is 1.28 bits per heavy atom. The molecule has 0 amide bonds. The van der Waals surface area contributed by atoms with E-state index in [-0.39, 0.29) is 18.1 Å². The molecule has 0 N–H and O–H groups in total. The van der Waals surface area contributed by atoms with E-state index >= 15 is 0 Å². The number of fused-ring (bicyclic) bond motifs is 2. The van der Waals surface area contributed by atoms with Gasteiger partial charge in [-0.15, -0.1) is 0 Å². The molecule has 1 aliphatic rings. The second-order valence-corrected chi connectivity index (χ2v) is 6.71. The first-order chi connectivity index (χ1) is 14.1. The summed E-state index contributed by atoms with van der Waals surface area (Å²) in [6, 6.07) is 11.2. The quantitative estimate of drug-likeness (QED) is 0.602. The van der Waals surface area contributed by atoms with Gasteiger partial charge < -0.3 is 18.8 Å². The Morgan fingerprint density at radius 2 is 2.10 bits per heavy atom. The molecule has 29 heavy (non-hydrogen) atoms. The summed E-state index contributed by atoms with van der Waals surface area (Å²) in [5, 5.41) is 9.71. The maximum Gasteiger partial charge on any atom is 0.231 e. The highest BCUT2D eigenvalue weighted by Crippen LogP contribution is 2.40.